The maximum absolute atomic E-state index is 13.0. The van der Waals surface area contributed by atoms with Crippen LogP contribution in [0.25, 0.3) is 0 Å². The predicted molar refractivity (Wildman–Crippen MR) is 91.8 cm³/mol. The number of para-hydroxylation sites is 1. The van der Waals surface area contributed by atoms with Gasteiger partial charge in [0.1, 0.15) is 0 Å². The van der Waals surface area contributed by atoms with Gasteiger partial charge in [0, 0.05) is 31.4 Å². The molecule has 1 fully saturated rings. The third kappa shape index (κ3) is 2.56. The topological polar surface area (TPSA) is 53.5 Å². The number of fused-ring (bicyclic) bond motifs is 1. The first-order valence-corrected chi connectivity index (χ1v) is 8.35. The van der Waals surface area contributed by atoms with E-state index >= 15 is 0 Å². The molecule has 2 amide bonds. The van der Waals surface area contributed by atoms with Crippen molar-refractivity contribution in [1.29, 1.82) is 0 Å². The Balaban J connectivity index is 1.55. The van der Waals surface area contributed by atoms with Crippen molar-refractivity contribution < 1.29 is 9.59 Å². The monoisotopic (exact) mass is 321 g/mol. The summed E-state index contributed by atoms with van der Waals surface area (Å²) >= 11 is 0. The second-order valence-electron chi connectivity index (χ2n) is 6.30. The van der Waals surface area contributed by atoms with Crippen LogP contribution in [-0.2, 0) is 16.0 Å². The molecular weight excluding hydrogens is 302 g/mol. The highest BCUT2D eigenvalue weighted by atomic mass is 16.2. The van der Waals surface area contributed by atoms with Gasteiger partial charge >= 0.3 is 0 Å². The molecule has 1 atom stereocenters. The SMILES string of the molecule is O=C1C[C@@H](C(=O)N2CCCc3ncccc32)CN1c1ccccc1. The van der Waals surface area contributed by atoms with E-state index in [1.54, 1.807) is 11.1 Å². The summed E-state index contributed by atoms with van der Waals surface area (Å²) in [5, 5.41) is 0. The predicted octanol–water partition coefficient (Wildman–Crippen LogP) is 2.41. The summed E-state index contributed by atoms with van der Waals surface area (Å²) in [6.07, 6.45) is 3.86. The van der Waals surface area contributed by atoms with Crippen molar-refractivity contribution in [2.75, 3.05) is 22.9 Å². The average molecular weight is 321 g/mol. The van der Waals surface area contributed by atoms with Gasteiger partial charge in [-0.15, -0.1) is 0 Å². The number of carbonyl (C=O) groups is 2. The minimum absolute atomic E-state index is 0.0166. The molecule has 122 valence electrons. The van der Waals surface area contributed by atoms with Crippen LogP contribution in [0.5, 0.6) is 0 Å². The molecule has 0 radical (unpaired) electrons. The van der Waals surface area contributed by atoms with Gasteiger partial charge in [-0.05, 0) is 37.1 Å². The largest absolute Gasteiger partial charge is 0.312 e. The van der Waals surface area contributed by atoms with E-state index < -0.39 is 0 Å². The number of pyridine rings is 1. The molecule has 3 heterocycles. The van der Waals surface area contributed by atoms with Crippen LogP contribution in [0.2, 0.25) is 0 Å². The van der Waals surface area contributed by atoms with Gasteiger partial charge in [0.2, 0.25) is 11.8 Å². The maximum atomic E-state index is 13.0. The summed E-state index contributed by atoms with van der Waals surface area (Å²) < 4.78 is 0. The normalized spacial score (nSPS) is 20.2. The van der Waals surface area contributed by atoms with Crippen molar-refractivity contribution in [3.05, 3.63) is 54.4 Å². The molecule has 4 rings (SSSR count). The Morgan fingerprint density at radius 2 is 1.96 bits per heavy atom. The standard InChI is InChI=1S/C19H19N3O2/c23-18-12-14(13-22(18)15-6-2-1-3-7-15)19(24)21-11-5-8-16-17(21)9-4-10-20-16/h1-4,6-7,9-10,14H,5,8,11-13H2/t14-/m1/s1. The third-order valence-corrected chi connectivity index (χ3v) is 4.76. The zero-order valence-corrected chi connectivity index (χ0v) is 13.4. The van der Waals surface area contributed by atoms with Crippen LogP contribution in [0.3, 0.4) is 0 Å². The molecule has 0 aliphatic carbocycles. The lowest BCUT2D eigenvalue weighted by Gasteiger charge is -2.30. The van der Waals surface area contributed by atoms with Crippen molar-refractivity contribution in [2.24, 2.45) is 5.92 Å². The summed E-state index contributed by atoms with van der Waals surface area (Å²) in [5.74, 6) is -0.234. The van der Waals surface area contributed by atoms with Crippen LogP contribution in [-0.4, -0.2) is 29.9 Å². The van der Waals surface area contributed by atoms with E-state index in [4.69, 9.17) is 0 Å². The van der Waals surface area contributed by atoms with Gasteiger partial charge in [0.25, 0.3) is 0 Å². The van der Waals surface area contributed by atoms with E-state index in [9.17, 15) is 9.59 Å². The van der Waals surface area contributed by atoms with E-state index in [2.05, 4.69) is 4.98 Å². The third-order valence-electron chi connectivity index (χ3n) is 4.76. The Kier molecular flexibility index (Phi) is 3.76. The van der Waals surface area contributed by atoms with E-state index in [0.717, 1.165) is 29.9 Å². The zero-order chi connectivity index (χ0) is 16.5. The Labute approximate surface area is 140 Å². The molecule has 0 saturated carbocycles. The van der Waals surface area contributed by atoms with Crippen molar-refractivity contribution in [3.8, 4) is 0 Å². The van der Waals surface area contributed by atoms with Crippen LogP contribution in [0, 0.1) is 5.92 Å². The number of amides is 2. The molecule has 2 aromatic rings. The van der Waals surface area contributed by atoms with E-state index in [-0.39, 0.29) is 24.2 Å². The van der Waals surface area contributed by atoms with Crippen LogP contribution in [0.15, 0.2) is 48.7 Å². The number of hydrogen-bond acceptors (Lipinski definition) is 3. The van der Waals surface area contributed by atoms with Crippen molar-refractivity contribution in [3.63, 3.8) is 0 Å². The molecule has 1 aromatic heterocycles. The maximum Gasteiger partial charge on any atom is 0.232 e. The number of rotatable bonds is 2. The zero-order valence-electron chi connectivity index (χ0n) is 13.4. The highest BCUT2D eigenvalue weighted by Gasteiger charge is 2.38. The van der Waals surface area contributed by atoms with Gasteiger partial charge in [-0.3, -0.25) is 14.6 Å². The van der Waals surface area contributed by atoms with Gasteiger partial charge in [-0.2, -0.15) is 0 Å². The minimum Gasteiger partial charge on any atom is -0.312 e. The lowest BCUT2D eigenvalue weighted by Crippen LogP contribution is -2.40. The first-order chi connectivity index (χ1) is 11.7. The fraction of sp³-hybridized carbons (Fsp3) is 0.316. The fourth-order valence-electron chi connectivity index (χ4n) is 3.57. The molecule has 5 heteroatoms. The Bertz CT molecular complexity index is 775. The molecule has 1 saturated heterocycles. The molecular formula is C19H19N3O2. The summed E-state index contributed by atoms with van der Waals surface area (Å²) in [7, 11) is 0. The average Bonchev–Trinajstić information content (AvgIpc) is 3.03. The number of aromatic nitrogens is 1. The second-order valence-corrected chi connectivity index (χ2v) is 6.30. The number of benzene rings is 1. The molecule has 0 bridgehead atoms. The van der Waals surface area contributed by atoms with Crippen molar-refractivity contribution in [1.82, 2.24) is 4.98 Å². The van der Waals surface area contributed by atoms with Crippen molar-refractivity contribution >= 4 is 23.2 Å². The number of hydrogen-bond donors (Lipinski definition) is 0. The Morgan fingerprint density at radius 1 is 1.12 bits per heavy atom. The van der Waals surface area contributed by atoms with Crippen LogP contribution in [0.4, 0.5) is 11.4 Å². The molecule has 1 aromatic carbocycles. The minimum atomic E-state index is -0.288. The lowest BCUT2D eigenvalue weighted by atomic mass is 10.0. The fourth-order valence-corrected chi connectivity index (χ4v) is 3.57. The Morgan fingerprint density at radius 3 is 2.79 bits per heavy atom. The molecule has 2 aliphatic rings. The van der Waals surface area contributed by atoms with Gasteiger partial charge in [-0.25, -0.2) is 0 Å². The van der Waals surface area contributed by atoms with Crippen LogP contribution >= 0.6 is 0 Å². The number of aryl methyl sites for hydroxylation is 1. The summed E-state index contributed by atoms with van der Waals surface area (Å²) in [6.45, 7) is 1.15. The van der Waals surface area contributed by atoms with E-state index in [1.807, 2.05) is 47.4 Å². The number of carbonyl (C=O) groups excluding carboxylic acids is 2. The summed E-state index contributed by atoms with van der Waals surface area (Å²) in [5.41, 5.74) is 2.74. The van der Waals surface area contributed by atoms with E-state index in [1.165, 1.54) is 0 Å². The van der Waals surface area contributed by atoms with Crippen molar-refractivity contribution in [2.45, 2.75) is 19.3 Å². The number of anilines is 2. The summed E-state index contributed by atoms with van der Waals surface area (Å²) in [4.78, 5) is 33.3. The molecule has 0 N–H and O–H groups in total. The van der Waals surface area contributed by atoms with Gasteiger partial charge in [0.05, 0.1) is 17.3 Å². The number of nitrogens with zero attached hydrogens (tertiary/aromatic N) is 3. The second kappa shape index (κ2) is 6.07. The van der Waals surface area contributed by atoms with Crippen LogP contribution in [0.1, 0.15) is 18.5 Å². The summed E-state index contributed by atoms with van der Waals surface area (Å²) in [6, 6.07) is 13.4. The van der Waals surface area contributed by atoms with Crippen LogP contribution < -0.4 is 9.80 Å². The molecule has 0 spiro atoms. The van der Waals surface area contributed by atoms with Gasteiger partial charge < -0.3 is 9.80 Å². The lowest BCUT2D eigenvalue weighted by molar-refractivity contribution is -0.124. The Hall–Kier alpha value is -2.69. The van der Waals surface area contributed by atoms with E-state index in [0.29, 0.717) is 13.1 Å². The first kappa shape index (κ1) is 14.9. The highest BCUT2D eigenvalue weighted by Crippen LogP contribution is 2.30. The quantitative estimate of drug-likeness (QED) is 0.853. The molecule has 5 nitrogen and oxygen atoms in total. The van der Waals surface area contributed by atoms with Gasteiger partial charge in [-0.1, -0.05) is 18.2 Å². The molecule has 0 unspecified atom stereocenters. The van der Waals surface area contributed by atoms with Gasteiger partial charge in [0.15, 0.2) is 0 Å². The smallest absolute Gasteiger partial charge is 0.232 e. The first-order valence-electron chi connectivity index (χ1n) is 8.35. The molecule has 24 heavy (non-hydrogen) atoms. The highest BCUT2D eigenvalue weighted by molar-refractivity contribution is 6.04. The molecule has 2 aliphatic heterocycles.